The van der Waals surface area contributed by atoms with Crippen molar-refractivity contribution in [3.8, 4) is 5.75 Å². The predicted octanol–water partition coefficient (Wildman–Crippen LogP) is 3.60. The molecule has 0 atom stereocenters. The van der Waals surface area contributed by atoms with Gasteiger partial charge in [-0.3, -0.25) is 14.2 Å². The number of hydrogen-bond acceptors (Lipinski definition) is 4. The molecule has 3 aromatic rings. The third kappa shape index (κ3) is 3.84. The maximum atomic E-state index is 13.1. The number of hydrogen-bond donors (Lipinski definition) is 0. The summed E-state index contributed by atoms with van der Waals surface area (Å²) in [6.07, 6.45) is 0. The molecule has 9 heteroatoms. The molecule has 170 valence electrons. The van der Waals surface area contributed by atoms with Crippen LogP contribution in [0.25, 0.3) is 10.9 Å². The minimum atomic E-state index is -3.06. The summed E-state index contributed by atoms with van der Waals surface area (Å²) in [5.74, 6) is -0.0981. The van der Waals surface area contributed by atoms with Gasteiger partial charge in [0.15, 0.2) is 0 Å². The Balaban J connectivity index is 1.89. The van der Waals surface area contributed by atoms with E-state index in [1.54, 1.807) is 31.2 Å². The lowest BCUT2D eigenvalue weighted by Crippen LogP contribution is -2.41. The Kier molecular flexibility index (Phi) is 4.57. The topological polar surface area (TPSA) is 54.6 Å². The van der Waals surface area contributed by atoms with E-state index in [0.29, 0.717) is 21.2 Å². The fraction of sp³-hybridized carbons (Fsp3) is 0.435. The first-order valence-corrected chi connectivity index (χ1v) is 10.3. The van der Waals surface area contributed by atoms with Gasteiger partial charge in [0.1, 0.15) is 5.75 Å². The molecular formula is C23H27BF2N2O4. The molecule has 0 radical (unpaired) electrons. The Morgan fingerprint density at radius 1 is 1.12 bits per heavy atom. The first-order valence-electron chi connectivity index (χ1n) is 11.8. The minimum absolute atomic E-state index is 0.0981. The molecule has 0 spiro atoms. The van der Waals surface area contributed by atoms with Crippen LogP contribution in [0.15, 0.2) is 41.2 Å². The molecule has 0 N–H and O–H groups in total. The molecule has 1 aromatic heterocycles. The van der Waals surface area contributed by atoms with Crippen LogP contribution in [-0.4, -0.2) is 34.3 Å². The van der Waals surface area contributed by atoms with E-state index < -0.39 is 37.5 Å². The molecule has 2 heterocycles. The molecule has 0 bridgehead atoms. The van der Waals surface area contributed by atoms with Gasteiger partial charge in [0, 0.05) is 16.7 Å². The number of aromatic nitrogens is 2. The summed E-state index contributed by atoms with van der Waals surface area (Å²) in [6, 6.07) is 9.47. The molecule has 1 saturated heterocycles. The summed E-state index contributed by atoms with van der Waals surface area (Å²) in [4.78, 5) is 13.1. The van der Waals surface area contributed by atoms with E-state index in [4.69, 9.17) is 13.4 Å². The number of nitrogens with zero attached hydrogens (tertiary/aromatic N) is 2. The normalized spacial score (nSPS) is 19.2. The second kappa shape index (κ2) is 7.74. The molecule has 6 nitrogen and oxygen atoms in total. The molecule has 0 saturated carbocycles. The van der Waals surface area contributed by atoms with Crippen molar-refractivity contribution < 1.29 is 26.9 Å². The van der Waals surface area contributed by atoms with Crippen LogP contribution in [0, 0.1) is 6.92 Å². The molecule has 0 aliphatic carbocycles. The molecule has 2 aromatic carbocycles. The fourth-order valence-corrected chi connectivity index (χ4v) is 3.76. The van der Waals surface area contributed by atoms with Crippen molar-refractivity contribution in [1.29, 1.82) is 0 Å². The Labute approximate surface area is 190 Å². The predicted molar refractivity (Wildman–Crippen MR) is 120 cm³/mol. The highest BCUT2D eigenvalue weighted by Gasteiger charge is 2.51. The van der Waals surface area contributed by atoms with Gasteiger partial charge < -0.3 is 14.0 Å². The van der Waals surface area contributed by atoms with Crippen LogP contribution in [0.5, 0.6) is 5.75 Å². The van der Waals surface area contributed by atoms with Crippen molar-refractivity contribution >= 4 is 23.5 Å². The van der Waals surface area contributed by atoms with E-state index in [1.165, 1.54) is 16.8 Å². The second-order valence-corrected chi connectivity index (χ2v) is 9.03. The maximum Gasteiger partial charge on any atom is 0.494 e. The smallest absolute Gasteiger partial charge is 0.434 e. The van der Waals surface area contributed by atoms with Gasteiger partial charge in [0.05, 0.1) is 28.6 Å². The highest BCUT2D eigenvalue weighted by atomic mass is 19.3. The zero-order valence-electron chi connectivity index (χ0n) is 21.6. The largest absolute Gasteiger partial charge is 0.494 e. The van der Waals surface area contributed by atoms with Gasteiger partial charge in [-0.1, -0.05) is 23.8 Å². The molecule has 1 aliphatic heterocycles. The van der Waals surface area contributed by atoms with Crippen LogP contribution in [0.4, 0.5) is 8.78 Å². The quantitative estimate of drug-likeness (QED) is 0.561. The van der Waals surface area contributed by atoms with Crippen LogP contribution in [0.3, 0.4) is 0 Å². The molecule has 0 amide bonds. The minimum Gasteiger partial charge on any atom is -0.434 e. The van der Waals surface area contributed by atoms with E-state index in [2.05, 4.69) is 4.74 Å². The van der Waals surface area contributed by atoms with Crippen LogP contribution < -0.4 is 15.8 Å². The lowest BCUT2D eigenvalue weighted by Gasteiger charge is -2.32. The van der Waals surface area contributed by atoms with Gasteiger partial charge in [-0.05, 0) is 58.3 Å². The van der Waals surface area contributed by atoms with Crippen LogP contribution in [0.2, 0.25) is 0 Å². The first kappa shape index (κ1) is 18.9. The van der Waals surface area contributed by atoms with Gasteiger partial charge >= 0.3 is 13.7 Å². The average Bonchev–Trinajstić information content (AvgIpc) is 3.12. The summed E-state index contributed by atoms with van der Waals surface area (Å²) >= 11 is 0. The van der Waals surface area contributed by atoms with Crippen LogP contribution in [-0.2, 0) is 22.8 Å². The molecule has 1 fully saturated rings. The number of rotatable bonds is 5. The number of benzene rings is 2. The summed E-state index contributed by atoms with van der Waals surface area (Å²) in [5.41, 5.74) is 0.0631. The SMILES string of the molecule is [2H]C([2H])([2H])n1c(=O)c2ccc(B3OC(C)(C)C(C)(C)O3)cc2n1Cc1cc(C)ccc1OC(F)F. The monoisotopic (exact) mass is 447 g/mol. The third-order valence-corrected chi connectivity index (χ3v) is 6.24. The summed E-state index contributed by atoms with van der Waals surface area (Å²) in [5, 5.41) is 0.172. The highest BCUT2D eigenvalue weighted by molar-refractivity contribution is 6.62. The average molecular weight is 447 g/mol. The summed E-state index contributed by atoms with van der Waals surface area (Å²) < 4.78 is 68.7. The standard InChI is InChI=1S/C23H27BF2N2O4/c1-14-7-10-19(30-21(25)26)15(11-14)13-28-18-12-16(8-9-17(18)20(29)27(28)6)24-31-22(2,3)23(4,5)32-24/h7-12,21H,13H2,1-6H3/i6D3. The van der Waals surface area contributed by atoms with Crippen molar-refractivity contribution in [1.82, 2.24) is 9.36 Å². The number of aryl methyl sites for hydroxylation is 1. The van der Waals surface area contributed by atoms with Gasteiger partial charge in [-0.15, -0.1) is 0 Å². The summed E-state index contributed by atoms with van der Waals surface area (Å²) in [7, 11) is -0.735. The summed E-state index contributed by atoms with van der Waals surface area (Å²) in [6.45, 7) is 3.36. The maximum absolute atomic E-state index is 13.1. The lowest BCUT2D eigenvalue weighted by molar-refractivity contribution is -0.0505. The van der Waals surface area contributed by atoms with Crippen LogP contribution >= 0.6 is 0 Å². The number of fused-ring (bicyclic) bond motifs is 1. The Bertz CT molecular complexity index is 1320. The van der Waals surface area contributed by atoms with Gasteiger partial charge in [0.2, 0.25) is 0 Å². The fourth-order valence-electron chi connectivity index (χ4n) is 3.76. The third-order valence-electron chi connectivity index (χ3n) is 6.24. The second-order valence-electron chi connectivity index (χ2n) is 9.03. The number of halogens is 2. The molecule has 32 heavy (non-hydrogen) atoms. The van der Waals surface area contributed by atoms with Gasteiger partial charge in [-0.2, -0.15) is 8.78 Å². The van der Waals surface area contributed by atoms with Gasteiger partial charge in [-0.25, -0.2) is 0 Å². The first-order chi connectivity index (χ1) is 16.1. The van der Waals surface area contributed by atoms with Crippen molar-refractivity contribution in [2.75, 3.05) is 0 Å². The van der Waals surface area contributed by atoms with Crippen molar-refractivity contribution in [3.63, 3.8) is 0 Å². The van der Waals surface area contributed by atoms with E-state index in [9.17, 15) is 13.6 Å². The number of ether oxygens (including phenoxy) is 1. The van der Waals surface area contributed by atoms with Crippen molar-refractivity contribution in [3.05, 3.63) is 57.9 Å². The Hall–Kier alpha value is -2.65. The lowest BCUT2D eigenvalue weighted by atomic mass is 9.79. The molecule has 0 unspecified atom stereocenters. The highest BCUT2D eigenvalue weighted by Crippen LogP contribution is 2.36. The molecule has 4 rings (SSSR count). The molecular weight excluding hydrogens is 417 g/mol. The van der Waals surface area contributed by atoms with E-state index in [-0.39, 0.29) is 17.7 Å². The number of alkyl halides is 2. The Morgan fingerprint density at radius 2 is 1.81 bits per heavy atom. The van der Waals surface area contributed by atoms with E-state index in [0.717, 1.165) is 5.56 Å². The van der Waals surface area contributed by atoms with E-state index >= 15 is 0 Å². The van der Waals surface area contributed by atoms with Gasteiger partial charge in [0.25, 0.3) is 5.56 Å². The van der Waals surface area contributed by atoms with E-state index in [1.807, 2.05) is 27.7 Å². The van der Waals surface area contributed by atoms with Crippen molar-refractivity contribution in [2.45, 2.75) is 59.0 Å². The van der Waals surface area contributed by atoms with Crippen molar-refractivity contribution in [2.24, 2.45) is 6.98 Å². The molecule has 1 aliphatic rings. The zero-order chi connectivity index (χ0) is 25.9. The Morgan fingerprint density at radius 3 is 2.44 bits per heavy atom. The zero-order valence-corrected chi connectivity index (χ0v) is 18.6. The van der Waals surface area contributed by atoms with Crippen LogP contribution in [0.1, 0.15) is 42.9 Å².